The van der Waals surface area contributed by atoms with Gasteiger partial charge in [0.1, 0.15) is 18.1 Å². The van der Waals surface area contributed by atoms with Crippen LogP contribution in [0.5, 0.6) is 0 Å². The van der Waals surface area contributed by atoms with E-state index in [1.807, 2.05) is 18.7 Å². The van der Waals surface area contributed by atoms with Crippen LogP contribution in [0.3, 0.4) is 0 Å². The molecular formula is C17H23N3O4. The SMILES string of the molecule is COCc1cc(C(=O)N2CCCC2c2noc(C(C)C)n2)c(C)o1. The number of amides is 1. The van der Waals surface area contributed by atoms with E-state index in [0.717, 1.165) is 12.8 Å². The highest BCUT2D eigenvalue weighted by atomic mass is 16.5. The van der Waals surface area contributed by atoms with Crippen molar-refractivity contribution in [2.45, 2.75) is 52.2 Å². The Morgan fingerprint density at radius 2 is 2.29 bits per heavy atom. The molecule has 0 saturated carbocycles. The molecule has 0 bridgehead atoms. The van der Waals surface area contributed by atoms with Crippen LogP contribution in [0.25, 0.3) is 0 Å². The molecular weight excluding hydrogens is 310 g/mol. The van der Waals surface area contributed by atoms with Crippen molar-refractivity contribution >= 4 is 5.91 Å². The van der Waals surface area contributed by atoms with Crippen molar-refractivity contribution in [2.24, 2.45) is 0 Å². The van der Waals surface area contributed by atoms with Crippen molar-refractivity contribution in [2.75, 3.05) is 13.7 Å². The monoisotopic (exact) mass is 333 g/mol. The third kappa shape index (κ3) is 3.08. The average Bonchev–Trinajstić information content (AvgIpc) is 3.25. The van der Waals surface area contributed by atoms with Crippen molar-refractivity contribution in [3.05, 3.63) is 34.9 Å². The Morgan fingerprint density at radius 1 is 1.50 bits per heavy atom. The molecule has 1 unspecified atom stereocenters. The summed E-state index contributed by atoms with van der Waals surface area (Å²) in [6, 6.07) is 1.61. The number of methoxy groups -OCH3 is 1. The zero-order chi connectivity index (χ0) is 17.3. The van der Waals surface area contributed by atoms with Crippen LogP contribution < -0.4 is 0 Å². The molecule has 7 nitrogen and oxygen atoms in total. The number of hydrogen-bond acceptors (Lipinski definition) is 6. The molecule has 1 aliphatic rings. The molecule has 0 aromatic carbocycles. The molecule has 24 heavy (non-hydrogen) atoms. The molecule has 1 fully saturated rings. The highest BCUT2D eigenvalue weighted by molar-refractivity contribution is 5.95. The predicted molar refractivity (Wildman–Crippen MR) is 85.6 cm³/mol. The van der Waals surface area contributed by atoms with Crippen molar-refractivity contribution in [3.63, 3.8) is 0 Å². The van der Waals surface area contributed by atoms with Crippen LogP contribution in [0.1, 0.15) is 72.2 Å². The maximum absolute atomic E-state index is 12.9. The van der Waals surface area contributed by atoms with Crippen LogP contribution in [0.15, 0.2) is 15.0 Å². The third-order valence-electron chi connectivity index (χ3n) is 4.25. The Labute approximate surface area is 141 Å². The van der Waals surface area contributed by atoms with Gasteiger partial charge in [0, 0.05) is 19.6 Å². The fourth-order valence-electron chi connectivity index (χ4n) is 3.02. The molecule has 0 N–H and O–H groups in total. The number of rotatable bonds is 5. The Hall–Kier alpha value is -2.15. The number of hydrogen-bond donors (Lipinski definition) is 0. The van der Waals surface area contributed by atoms with Crippen LogP contribution in [-0.4, -0.2) is 34.6 Å². The average molecular weight is 333 g/mol. The van der Waals surface area contributed by atoms with Gasteiger partial charge < -0.3 is 18.6 Å². The van der Waals surface area contributed by atoms with Gasteiger partial charge in [-0.2, -0.15) is 4.98 Å². The standard InChI is InChI=1S/C17H23N3O4/c1-10(2)16-18-15(19-24-16)14-6-5-7-20(14)17(21)13-8-12(9-22-4)23-11(13)3/h8,10,14H,5-7,9H2,1-4H3. The number of aromatic nitrogens is 2. The first kappa shape index (κ1) is 16.7. The zero-order valence-electron chi connectivity index (χ0n) is 14.5. The molecule has 0 aliphatic carbocycles. The van der Waals surface area contributed by atoms with Crippen molar-refractivity contribution < 1.29 is 18.5 Å². The number of carbonyl (C=O) groups excluding carboxylic acids is 1. The first-order chi connectivity index (χ1) is 11.5. The van der Waals surface area contributed by atoms with E-state index in [-0.39, 0.29) is 17.9 Å². The second-order valence-electron chi connectivity index (χ2n) is 6.42. The number of likely N-dealkylation sites (tertiary alicyclic amines) is 1. The van der Waals surface area contributed by atoms with E-state index in [1.165, 1.54) is 0 Å². The lowest BCUT2D eigenvalue weighted by molar-refractivity contribution is 0.0726. The fraction of sp³-hybridized carbons (Fsp3) is 0.588. The number of nitrogens with zero attached hydrogens (tertiary/aromatic N) is 3. The van der Waals surface area contributed by atoms with Crippen molar-refractivity contribution in [3.8, 4) is 0 Å². The van der Waals surface area contributed by atoms with E-state index >= 15 is 0 Å². The molecule has 0 spiro atoms. The lowest BCUT2D eigenvalue weighted by Gasteiger charge is -2.21. The van der Waals surface area contributed by atoms with E-state index in [0.29, 0.717) is 42.0 Å². The first-order valence-corrected chi connectivity index (χ1v) is 8.24. The van der Waals surface area contributed by atoms with Crippen molar-refractivity contribution in [1.82, 2.24) is 15.0 Å². The van der Waals surface area contributed by atoms with Gasteiger partial charge in [0.15, 0.2) is 5.82 Å². The lowest BCUT2D eigenvalue weighted by atomic mass is 10.1. The molecule has 3 heterocycles. The quantitative estimate of drug-likeness (QED) is 0.835. The van der Waals surface area contributed by atoms with Gasteiger partial charge >= 0.3 is 0 Å². The molecule has 7 heteroatoms. The third-order valence-corrected chi connectivity index (χ3v) is 4.25. The smallest absolute Gasteiger partial charge is 0.258 e. The van der Waals surface area contributed by atoms with Crippen LogP contribution in [0, 0.1) is 6.92 Å². The molecule has 2 aromatic rings. The van der Waals surface area contributed by atoms with Gasteiger partial charge in [-0.25, -0.2) is 0 Å². The molecule has 3 rings (SSSR count). The molecule has 0 radical (unpaired) electrons. The predicted octanol–water partition coefficient (Wildman–Crippen LogP) is 3.22. The van der Waals surface area contributed by atoms with Crippen LogP contribution in [0.4, 0.5) is 0 Å². The number of ether oxygens (including phenoxy) is 1. The summed E-state index contributed by atoms with van der Waals surface area (Å²) >= 11 is 0. The van der Waals surface area contributed by atoms with E-state index in [9.17, 15) is 4.79 Å². The Morgan fingerprint density at radius 3 is 2.96 bits per heavy atom. The molecule has 2 aromatic heterocycles. The minimum absolute atomic E-state index is 0.0583. The van der Waals surface area contributed by atoms with Gasteiger partial charge in [-0.1, -0.05) is 19.0 Å². The minimum Gasteiger partial charge on any atom is -0.463 e. The molecule has 1 atom stereocenters. The molecule has 1 amide bonds. The lowest BCUT2D eigenvalue weighted by Crippen LogP contribution is -2.31. The van der Waals surface area contributed by atoms with Crippen LogP contribution >= 0.6 is 0 Å². The van der Waals surface area contributed by atoms with Crippen LogP contribution in [-0.2, 0) is 11.3 Å². The van der Waals surface area contributed by atoms with Crippen LogP contribution in [0.2, 0.25) is 0 Å². The topological polar surface area (TPSA) is 81.6 Å². The summed E-state index contributed by atoms with van der Waals surface area (Å²) in [5.74, 6) is 2.56. The summed E-state index contributed by atoms with van der Waals surface area (Å²) in [5, 5.41) is 4.08. The Kier molecular flexibility index (Phi) is 4.71. The molecule has 130 valence electrons. The van der Waals surface area contributed by atoms with Gasteiger partial charge in [-0.3, -0.25) is 4.79 Å². The summed E-state index contributed by atoms with van der Waals surface area (Å²) in [7, 11) is 1.60. The second-order valence-corrected chi connectivity index (χ2v) is 6.42. The van der Waals surface area contributed by atoms with Gasteiger partial charge in [-0.15, -0.1) is 0 Å². The summed E-state index contributed by atoms with van der Waals surface area (Å²) in [6.45, 7) is 6.82. The van der Waals surface area contributed by atoms with E-state index in [2.05, 4.69) is 10.1 Å². The number of furan rings is 1. The maximum atomic E-state index is 12.9. The largest absolute Gasteiger partial charge is 0.463 e. The minimum atomic E-state index is -0.145. The second kappa shape index (κ2) is 6.76. The zero-order valence-corrected chi connectivity index (χ0v) is 14.5. The van der Waals surface area contributed by atoms with E-state index < -0.39 is 0 Å². The number of aryl methyl sites for hydroxylation is 1. The van der Waals surface area contributed by atoms with Gasteiger partial charge in [0.25, 0.3) is 5.91 Å². The summed E-state index contributed by atoms with van der Waals surface area (Å²) in [5.41, 5.74) is 0.571. The summed E-state index contributed by atoms with van der Waals surface area (Å²) in [6.07, 6.45) is 1.76. The van der Waals surface area contributed by atoms with Gasteiger partial charge in [0.2, 0.25) is 5.89 Å². The van der Waals surface area contributed by atoms with Gasteiger partial charge in [-0.05, 0) is 25.8 Å². The van der Waals surface area contributed by atoms with E-state index in [1.54, 1.807) is 20.1 Å². The van der Waals surface area contributed by atoms with Crippen molar-refractivity contribution in [1.29, 1.82) is 0 Å². The highest BCUT2D eigenvalue weighted by Crippen LogP contribution is 2.33. The fourth-order valence-corrected chi connectivity index (χ4v) is 3.02. The Balaban J connectivity index is 1.83. The van der Waals surface area contributed by atoms with Gasteiger partial charge in [0.05, 0.1) is 11.6 Å². The summed E-state index contributed by atoms with van der Waals surface area (Å²) < 4.78 is 16.0. The Bertz CT molecular complexity index is 719. The first-order valence-electron chi connectivity index (χ1n) is 8.24. The highest BCUT2D eigenvalue weighted by Gasteiger charge is 2.35. The summed E-state index contributed by atoms with van der Waals surface area (Å²) in [4.78, 5) is 19.2. The molecule has 1 saturated heterocycles. The maximum Gasteiger partial charge on any atom is 0.258 e. The molecule has 1 aliphatic heterocycles. The van der Waals surface area contributed by atoms with E-state index in [4.69, 9.17) is 13.7 Å². The normalized spacial score (nSPS) is 17.9. The number of carbonyl (C=O) groups is 1.